The van der Waals surface area contributed by atoms with Gasteiger partial charge in [-0.3, -0.25) is 0 Å². The Labute approximate surface area is 117 Å². The van der Waals surface area contributed by atoms with Gasteiger partial charge in [0.05, 0.1) is 10.7 Å². The summed E-state index contributed by atoms with van der Waals surface area (Å²) in [5, 5.41) is 4.07. The summed E-state index contributed by atoms with van der Waals surface area (Å²) in [6.45, 7) is 0. The first-order valence-corrected chi connectivity index (χ1v) is 6.24. The Hall–Kier alpha value is -2.28. The van der Waals surface area contributed by atoms with E-state index in [2.05, 4.69) is 36.0 Å². The zero-order chi connectivity index (χ0) is 13.1. The lowest BCUT2D eigenvalue weighted by atomic mass is 10.5. The molecule has 94 valence electrons. The minimum atomic E-state index is 0.388. The molecule has 7 heteroatoms. The largest absolute Gasteiger partial charge is 0.419 e. The van der Waals surface area contributed by atoms with Gasteiger partial charge < -0.3 is 4.74 Å². The number of hydrogen-bond acceptors (Lipinski definition) is 5. The van der Waals surface area contributed by atoms with Crippen LogP contribution in [0.1, 0.15) is 0 Å². The van der Waals surface area contributed by atoms with E-state index in [-0.39, 0.29) is 0 Å². The van der Waals surface area contributed by atoms with Crippen LogP contribution in [-0.4, -0.2) is 24.7 Å². The van der Waals surface area contributed by atoms with Crippen LogP contribution in [0.4, 0.5) is 0 Å². The maximum Gasteiger partial charge on any atom is 0.253 e. The van der Waals surface area contributed by atoms with E-state index in [0.717, 1.165) is 0 Å². The highest BCUT2D eigenvalue weighted by molar-refractivity contribution is 9.10. The summed E-state index contributed by atoms with van der Waals surface area (Å²) in [4.78, 5) is 12.5. The van der Waals surface area contributed by atoms with Gasteiger partial charge in [0.15, 0.2) is 0 Å². The van der Waals surface area contributed by atoms with Crippen LogP contribution >= 0.6 is 15.9 Å². The van der Waals surface area contributed by atoms with Crippen LogP contribution in [0.25, 0.3) is 5.95 Å². The van der Waals surface area contributed by atoms with Crippen molar-refractivity contribution in [2.75, 3.05) is 0 Å². The topological polar surface area (TPSA) is 65.7 Å². The Morgan fingerprint density at radius 2 is 2.05 bits per heavy atom. The fourth-order valence-electron chi connectivity index (χ4n) is 1.42. The lowest BCUT2D eigenvalue weighted by molar-refractivity contribution is 0.438. The summed E-state index contributed by atoms with van der Waals surface area (Å²) in [7, 11) is 0. The van der Waals surface area contributed by atoms with Crippen LogP contribution in [0.15, 0.2) is 53.5 Å². The summed E-state index contributed by atoms with van der Waals surface area (Å²) < 4.78 is 7.80. The molecule has 0 saturated carbocycles. The van der Waals surface area contributed by atoms with Crippen molar-refractivity contribution in [2.45, 2.75) is 0 Å². The second-order valence-electron chi connectivity index (χ2n) is 3.54. The Balaban J connectivity index is 1.95. The zero-order valence-electron chi connectivity index (χ0n) is 9.64. The molecule has 3 aromatic heterocycles. The number of aromatic nitrogens is 5. The van der Waals surface area contributed by atoms with Crippen molar-refractivity contribution >= 4 is 15.9 Å². The molecular weight excluding hydrogens is 310 g/mol. The standard InChI is InChI=1S/C12H8BrN5O/c13-9-8-15-12(18-7-3-6-16-18)17-11(9)19-10-4-1-2-5-14-10/h1-8H. The maximum atomic E-state index is 5.60. The minimum Gasteiger partial charge on any atom is -0.419 e. The van der Waals surface area contributed by atoms with E-state index in [1.165, 1.54) is 0 Å². The fraction of sp³-hybridized carbons (Fsp3) is 0. The lowest BCUT2D eigenvalue weighted by Gasteiger charge is -2.06. The van der Waals surface area contributed by atoms with E-state index < -0.39 is 0 Å². The quantitative estimate of drug-likeness (QED) is 0.743. The number of pyridine rings is 1. The van der Waals surface area contributed by atoms with Crippen molar-refractivity contribution in [3.63, 3.8) is 0 Å². The van der Waals surface area contributed by atoms with Gasteiger partial charge in [-0.25, -0.2) is 14.6 Å². The van der Waals surface area contributed by atoms with Gasteiger partial charge in [0.25, 0.3) is 5.95 Å². The smallest absolute Gasteiger partial charge is 0.253 e. The molecule has 0 unspecified atom stereocenters. The number of rotatable bonds is 3. The van der Waals surface area contributed by atoms with Gasteiger partial charge in [-0.2, -0.15) is 10.1 Å². The molecule has 0 aromatic carbocycles. The molecule has 0 amide bonds. The fourth-order valence-corrected chi connectivity index (χ4v) is 1.69. The zero-order valence-corrected chi connectivity index (χ0v) is 11.2. The highest BCUT2D eigenvalue weighted by Gasteiger charge is 2.09. The normalized spacial score (nSPS) is 10.4. The van der Waals surface area contributed by atoms with Gasteiger partial charge in [-0.15, -0.1) is 0 Å². The molecule has 0 aliphatic rings. The van der Waals surface area contributed by atoms with Gasteiger partial charge in [0.1, 0.15) is 0 Å². The molecular formula is C12H8BrN5O. The van der Waals surface area contributed by atoms with Gasteiger partial charge in [-0.1, -0.05) is 6.07 Å². The van der Waals surface area contributed by atoms with Gasteiger partial charge in [0.2, 0.25) is 11.8 Å². The molecule has 6 nitrogen and oxygen atoms in total. The highest BCUT2D eigenvalue weighted by Crippen LogP contribution is 2.26. The van der Waals surface area contributed by atoms with E-state index in [9.17, 15) is 0 Å². The van der Waals surface area contributed by atoms with Crippen LogP contribution in [-0.2, 0) is 0 Å². The number of halogens is 1. The summed E-state index contributed by atoms with van der Waals surface area (Å²) in [5.41, 5.74) is 0. The Morgan fingerprint density at radius 1 is 1.11 bits per heavy atom. The average Bonchev–Trinajstić information content (AvgIpc) is 2.96. The molecule has 3 heterocycles. The summed E-state index contributed by atoms with van der Waals surface area (Å²) in [6, 6.07) is 7.20. The van der Waals surface area contributed by atoms with Crippen LogP contribution in [0, 0.1) is 0 Å². The molecule has 0 aliphatic carbocycles. The molecule has 19 heavy (non-hydrogen) atoms. The van der Waals surface area contributed by atoms with E-state index in [0.29, 0.717) is 22.2 Å². The van der Waals surface area contributed by atoms with Crippen molar-refractivity contribution in [1.29, 1.82) is 0 Å². The SMILES string of the molecule is Brc1cnc(-n2cccn2)nc1Oc1ccccn1. The van der Waals surface area contributed by atoms with Crippen LogP contribution < -0.4 is 4.74 Å². The molecule has 0 aliphatic heterocycles. The van der Waals surface area contributed by atoms with Crippen molar-refractivity contribution in [2.24, 2.45) is 0 Å². The van der Waals surface area contributed by atoms with Gasteiger partial charge in [-0.05, 0) is 28.1 Å². The predicted molar refractivity (Wildman–Crippen MR) is 71.2 cm³/mol. The third kappa shape index (κ3) is 2.60. The van der Waals surface area contributed by atoms with Crippen LogP contribution in [0.2, 0.25) is 0 Å². The lowest BCUT2D eigenvalue weighted by Crippen LogP contribution is -2.03. The average molecular weight is 318 g/mol. The monoisotopic (exact) mass is 317 g/mol. The third-order valence-electron chi connectivity index (χ3n) is 2.25. The molecule has 0 radical (unpaired) electrons. The molecule has 0 atom stereocenters. The summed E-state index contributed by atoms with van der Waals surface area (Å²) in [5.74, 6) is 1.28. The van der Waals surface area contributed by atoms with E-state index in [4.69, 9.17) is 4.74 Å². The molecule has 0 saturated heterocycles. The first-order chi connectivity index (χ1) is 9.33. The first-order valence-electron chi connectivity index (χ1n) is 5.44. The second kappa shape index (κ2) is 5.15. The molecule has 3 rings (SSSR count). The minimum absolute atomic E-state index is 0.388. The first kappa shape index (κ1) is 11.8. The summed E-state index contributed by atoms with van der Waals surface area (Å²) in [6.07, 6.45) is 6.68. The third-order valence-corrected chi connectivity index (χ3v) is 2.79. The molecule has 3 aromatic rings. The van der Waals surface area contributed by atoms with Crippen LogP contribution in [0.3, 0.4) is 0 Å². The predicted octanol–water partition coefficient (Wildman–Crippen LogP) is 2.61. The Morgan fingerprint density at radius 3 is 2.79 bits per heavy atom. The van der Waals surface area contributed by atoms with E-state index in [1.807, 2.05) is 12.1 Å². The van der Waals surface area contributed by atoms with Gasteiger partial charge in [0, 0.05) is 24.7 Å². The second-order valence-corrected chi connectivity index (χ2v) is 4.40. The number of nitrogens with zero attached hydrogens (tertiary/aromatic N) is 5. The molecule has 0 fully saturated rings. The molecule has 0 bridgehead atoms. The molecule has 0 N–H and O–H groups in total. The van der Waals surface area contributed by atoms with E-state index in [1.54, 1.807) is 41.6 Å². The van der Waals surface area contributed by atoms with Crippen molar-refractivity contribution in [1.82, 2.24) is 24.7 Å². The summed E-state index contributed by atoms with van der Waals surface area (Å²) >= 11 is 3.34. The Kier molecular flexibility index (Phi) is 3.20. The van der Waals surface area contributed by atoms with Crippen molar-refractivity contribution in [3.05, 3.63) is 53.5 Å². The van der Waals surface area contributed by atoms with Crippen molar-refractivity contribution < 1.29 is 4.74 Å². The van der Waals surface area contributed by atoms with Crippen molar-refractivity contribution in [3.8, 4) is 17.7 Å². The maximum absolute atomic E-state index is 5.60. The van der Waals surface area contributed by atoms with Crippen LogP contribution in [0.5, 0.6) is 11.8 Å². The molecule has 0 spiro atoms. The van der Waals surface area contributed by atoms with Gasteiger partial charge >= 0.3 is 0 Å². The number of ether oxygens (including phenoxy) is 1. The van der Waals surface area contributed by atoms with E-state index >= 15 is 0 Å². The highest BCUT2D eigenvalue weighted by atomic mass is 79.9. The number of hydrogen-bond donors (Lipinski definition) is 0. The Bertz CT molecular complexity index is 672.